The van der Waals surface area contributed by atoms with Crippen LogP contribution >= 0.6 is 0 Å². The third-order valence-corrected chi connectivity index (χ3v) is 1.91. The van der Waals surface area contributed by atoms with Gasteiger partial charge >= 0.3 is 0 Å². The lowest BCUT2D eigenvalue weighted by Crippen LogP contribution is -2.21. The fourth-order valence-electron chi connectivity index (χ4n) is 1.39. The van der Waals surface area contributed by atoms with Crippen molar-refractivity contribution in [3.05, 3.63) is 24.8 Å². The van der Waals surface area contributed by atoms with Crippen molar-refractivity contribution in [2.45, 2.75) is 19.5 Å². The second-order valence-electron chi connectivity index (χ2n) is 3.25. The maximum Gasteiger partial charge on any atom is 0.143 e. The van der Waals surface area contributed by atoms with Crippen molar-refractivity contribution in [1.82, 2.24) is 14.5 Å². The van der Waals surface area contributed by atoms with Gasteiger partial charge in [-0.2, -0.15) is 0 Å². The minimum atomic E-state index is 0.144. The summed E-state index contributed by atoms with van der Waals surface area (Å²) in [4.78, 5) is 8.14. The fraction of sp³-hybridized carbons (Fsp3) is 0.333. The van der Waals surface area contributed by atoms with Crippen molar-refractivity contribution in [3.8, 4) is 0 Å². The van der Waals surface area contributed by atoms with Crippen LogP contribution in [-0.2, 0) is 6.54 Å². The number of aromatic nitrogens is 3. The maximum atomic E-state index is 5.71. The highest BCUT2D eigenvalue weighted by molar-refractivity contribution is 5.74. The van der Waals surface area contributed by atoms with Crippen LogP contribution in [0.15, 0.2) is 24.8 Å². The zero-order valence-electron chi connectivity index (χ0n) is 7.51. The second-order valence-corrected chi connectivity index (χ2v) is 3.25. The first-order valence-corrected chi connectivity index (χ1v) is 4.28. The summed E-state index contributed by atoms with van der Waals surface area (Å²) in [7, 11) is 0. The third-order valence-electron chi connectivity index (χ3n) is 1.91. The Morgan fingerprint density at radius 2 is 2.46 bits per heavy atom. The number of rotatable bonds is 2. The second kappa shape index (κ2) is 3.14. The molecule has 0 saturated carbocycles. The molecule has 2 N–H and O–H groups in total. The molecule has 2 rings (SSSR count). The molecule has 0 aromatic carbocycles. The van der Waals surface area contributed by atoms with Crippen molar-refractivity contribution in [2.75, 3.05) is 0 Å². The number of fused-ring (bicyclic) bond motifs is 1. The molecule has 4 heteroatoms. The summed E-state index contributed by atoms with van der Waals surface area (Å²) in [5, 5.41) is 1.06. The maximum absolute atomic E-state index is 5.71. The lowest BCUT2D eigenvalue weighted by Gasteiger charge is -2.06. The molecule has 0 fully saturated rings. The smallest absolute Gasteiger partial charge is 0.143 e. The molecule has 68 valence electrons. The van der Waals surface area contributed by atoms with E-state index in [1.807, 2.05) is 23.8 Å². The molecule has 0 aliphatic rings. The third kappa shape index (κ3) is 1.53. The number of nitrogens with two attached hydrogens (primary N) is 1. The Kier molecular flexibility index (Phi) is 1.98. The van der Waals surface area contributed by atoms with E-state index in [4.69, 9.17) is 5.73 Å². The van der Waals surface area contributed by atoms with Gasteiger partial charge in [-0.25, -0.2) is 9.97 Å². The van der Waals surface area contributed by atoms with Gasteiger partial charge in [-0.3, -0.25) is 0 Å². The molecule has 0 spiro atoms. The summed E-state index contributed by atoms with van der Waals surface area (Å²) in [5.74, 6) is 0. The summed E-state index contributed by atoms with van der Waals surface area (Å²) in [5.41, 5.74) is 6.66. The minimum Gasteiger partial charge on any atom is -0.331 e. The van der Waals surface area contributed by atoms with Crippen LogP contribution in [0.1, 0.15) is 6.92 Å². The van der Waals surface area contributed by atoms with Crippen LogP contribution in [0.5, 0.6) is 0 Å². The Labute approximate surface area is 76.4 Å². The molecule has 4 nitrogen and oxygen atoms in total. The number of hydrogen-bond donors (Lipinski definition) is 1. The zero-order chi connectivity index (χ0) is 9.26. The molecule has 0 radical (unpaired) electrons. The highest BCUT2D eigenvalue weighted by Gasteiger charge is 2.02. The Hall–Kier alpha value is -1.42. The van der Waals surface area contributed by atoms with Gasteiger partial charge in [0.2, 0.25) is 0 Å². The topological polar surface area (TPSA) is 56.7 Å². The van der Waals surface area contributed by atoms with Crippen LogP contribution in [0.3, 0.4) is 0 Å². The Balaban J connectivity index is 2.46. The largest absolute Gasteiger partial charge is 0.331 e. The molecule has 0 aliphatic heterocycles. The van der Waals surface area contributed by atoms with Gasteiger partial charge in [-0.1, -0.05) is 0 Å². The van der Waals surface area contributed by atoms with Crippen LogP contribution in [0, 0.1) is 0 Å². The average molecular weight is 176 g/mol. The van der Waals surface area contributed by atoms with Crippen LogP contribution in [0.4, 0.5) is 0 Å². The molecule has 2 aromatic rings. The predicted molar refractivity (Wildman–Crippen MR) is 51.2 cm³/mol. The normalized spacial score (nSPS) is 13.4. The minimum absolute atomic E-state index is 0.144. The van der Waals surface area contributed by atoms with E-state index in [9.17, 15) is 0 Å². The first kappa shape index (κ1) is 8.19. The molecule has 2 heterocycles. The fourth-order valence-corrected chi connectivity index (χ4v) is 1.39. The van der Waals surface area contributed by atoms with Crippen molar-refractivity contribution >= 4 is 11.0 Å². The molecule has 0 amide bonds. The summed E-state index contributed by atoms with van der Waals surface area (Å²) in [6, 6.07) is 2.14. The molecule has 2 aromatic heterocycles. The van der Waals surface area contributed by atoms with E-state index < -0.39 is 0 Å². The summed E-state index contributed by atoms with van der Waals surface area (Å²) >= 11 is 0. The lowest BCUT2D eigenvalue weighted by molar-refractivity contribution is 0.602. The van der Waals surface area contributed by atoms with Gasteiger partial charge in [-0.05, 0) is 13.0 Å². The van der Waals surface area contributed by atoms with Gasteiger partial charge in [0.25, 0.3) is 0 Å². The molecule has 1 atom stereocenters. The van der Waals surface area contributed by atoms with Crippen LogP contribution in [0.2, 0.25) is 0 Å². The Morgan fingerprint density at radius 3 is 3.23 bits per heavy atom. The molecule has 0 unspecified atom stereocenters. The van der Waals surface area contributed by atoms with Gasteiger partial charge in [0.05, 0.1) is 0 Å². The molecule has 0 bridgehead atoms. The molecule has 0 aliphatic carbocycles. The van der Waals surface area contributed by atoms with Gasteiger partial charge in [0.15, 0.2) is 0 Å². The zero-order valence-corrected chi connectivity index (χ0v) is 7.51. The summed E-state index contributed by atoms with van der Waals surface area (Å²) in [6.07, 6.45) is 5.35. The highest BCUT2D eigenvalue weighted by atomic mass is 15.1. The van der Waals surface area contributed by atoms with Crippen molar-refractivity contribution in [3.63, 3.8) is 0 Å². The highest BCUT2D eigenvalue weighted by Crippen LogP contribution is 2.10. The number of nitrogens with zero attached hydrogens (tertiary/aromatic N) is 3. The van der Waals surface area contributed by atoms with E-state index in [0.29, 0.717) is 0 Å². The van der Waals surface area contributed by atoms with Crippen LogP contribution in [-0.4, -0.2) is 20.6 Å². The molecular weight excluding hydrogens is 164 g/mol. The van der Waals surface area contributed by atoms with Crippen LogP contribution in [0.25, 0.3) is 11.0 Å². The van der Waals surface area contributed by atoms with Gasteiger partial charge in [0.1, 0.15) is 12.0 Å². The quantitative estimate of drug-likeness (QED) is 0.735. The Morgan fingerprint density at radius 1 is 1.62 bits per heavy atom. The van der Waals surface area contributed by atoms with E-state index in [2.05, 4.69) is 9.97 Å². The van der Waals surface area contributed by atoms with E-state index in [1.165, 1.54) is 0 Å². The van der Waals surface area contributed by atoms with Gasteiger partial charge in [0, 0.05) is 30.4 Å². The Bertz CT molecular complexity index is 405. The lowest BCUT2D eigenvalue weighted by atomic mass is 10.3. The number of hydrogen-bond acceptors (Lipinski definition) is 3. The van der Waals surface area contributed by atoms with E-state index in [1.54, 1.807) is 12.5 Å². The van der Waals surface area contributed by atoms with Crippen molar-refractivity contribution < 1.29 is 0 Å². The summed E-state index contributed by atoms with van der Waals surface area (Å²) in [6.45, 7) is 2.77. The molecule has 0 saturated heterocycles. The van der Waals surface area contributed by atoms with Gasteiger partial charge < -0.3 is 10.3 Å². The van der Waals surface area contributed by atoms with Crippen molar-refractivity contribution in [2.24, 2.45) is 5.73 Å². The predicted octanol–water partition coefficient (Wildman–Crippen LogP) is 0.778. The first-order chi connectivity index (χ1) is 6.27. The van der Waals surface area contributed by atoms with E-state index in [0.717, 1.165) is 17.6 Å². The van der Waals surface area contributed by atoms with E-state index >= 15 is 0 Å². The SMILES string of the molecule is C[C@@H](N)Cn1ccc2cncnc21. The van der Waals surface area contributed by atoms with E-state index in [-0.39, 0.29) is 6.04 Å². The first-order valence-electron chi connectivity index (χ1n) is 4.28. The van der Waals surface area contributed by atoms with Crippen molar-refractivity contribution in [1.29, 1.82) is 0 Å². The van der Waals surface area contributed by atoms with Gasteiger partial charge in [-0.15, -0.1) is 0 Å². The standard InChI is InChI=1S/C9H12N4/c1-7(10)5-13-3-2-8-4-11-6-12-9(8)13/h2-4,6-7H,5,10H2,1H3/t7-/m1/s1. The average Bonchev–Trinajstić information content (AvgIpc) is 2.48. The summed E-state index contributed by atoms with van der Waals surface area (Å²) < 4.78 is 2.04. The molecule has 13 heavy (non-hydrogen) atoms. The molecular formula is C9H12N4. The van der Waals surface area contributed by atoms with Crippen LogP contribution < -0.4 is 5.73 Å². The monoisotopic (exact) mass is 176 g/mol.